The third kappa shape index (κ3) is 3.04. The molecule has 4 nitrogen and oxygen atoms in total. The Kier molecular flexibility index (Phi) is 4.04. The Labute approximate surface area is 119 Å². The summed E-state index contributed by atoms with van der Waals surface area (Å²) in [4.78, 5) is 10.3. The third-order valence-electron chi connectivity index (χ3n) is 2.72. The molecule has 0 aliphatic carbocycles. The fourth-order valence-electron chi connectivity index (χ4n) is 1.79. The van der Waals surface area contributed by atoms with Crippen LogP contribution in [0.2, 0.25) is 10.0 Å². The molecule has 2 aromatic carbocycles. The summed E-state index contributed by atoms with van der Waals surface area (Å²) in [5.74, 6) is 0. The number of nitro groups is 1. The topological polar surface area (TPSA) is 69.2 Å². The van der Waals surface area contributed by atoms with Gasteiger partial charge >= 0.3 is 0 Å². The Hall–Kier alpha value is -1.62. The van der Waals surface area contributed by atoms with Gasteiger partial charge in [0.25, 0.3) is 5.69 Å². The van der Waals surface area contributed by atoms with E-state index >= 15 is 0 Å². The number of nitrogens with zero attached hydrogens (tertiary/aromatic N) is 1. The molecule has 0 spiro atoms. The highest BCUT2D eigenvalue weighted by atomic mass is 35.5. The Bertz CT molecular complexity index is 632. The summed E-state index contributed by atoms with van der Waals surface area (Å²) in [5.41, 5.74) is 7.24. The SMILES string of the molecule is NC(c1cc(Cl)cc([N+](=O)[O-])c1)c1ccccc1Cl. The van der Waals surface area contributed by atoms with E-state index in [1.54, 1.807) is 30.3 Å². The highest BCUT2D eigenvalue weighted by Gasteiger charge is 2.16. The third-order valence-corrected chi connectivity index (χ3v) is 3.28. The molecule has 0 aliphatic rings. The van der Waals surface area contributed by atoms with E-state index in [0.717, 1.165) is 0 Å². The second kappa shape index (κ2) is 5.57. The molecule has 0 aromatic heterocycles. The van der Waals surface area contributed by atoms with Crippen LogP contribution in [0.25, 0.3) is 0 Å². The standard InChI is InChI=1S/C13H10Cl2N2O2/c14-9-5-8(6-10(7-9)17(18)19)13(16)11-3-1-2-4-12(11)15/h1-7,13H,16H2. The lowest BCUT2D eigenvalue weighted by Gasteiger charge is -2.14. The van der Waals surface area contributed by atoms with Gasteiger partial charge in [0.2, 0.25) is 0 Å². The van der Waals surface area contributed by atoms with E-state index in [9.17, 15) is 10.1 Å². The van der Waals surface area contributed by atoms with Gasteiger partial charge < -0.3 is 5.73 Å². The van der Waals surface area contributed by atoms with E-state index in [1.807, 2.05) is 0 Å². The second-order valence-electron chi connectivity index (χ2n) is 4.00. The molecule has 0 saturated heterocycles. The van der Waals surface area contributed by atoms with Gasteiger partial charge in [0.05, 0.1) is 11.0 Å². The largest absolute Gasteiger partial charge is 0.320 e. The first-order valence-electron chi connectivity index (χ1n) is 5.44. The number of nitro benzene ring substituents is 1. The predicted octanol–water partition coefficient (Wildman–Crippen LogP) is 3.95. The number of non-ortho nitro benzene ring substituents is 1. The van der Waals surface area contributed by atoms with Gasteiger partial charge in [-0.15, -0.1) is 0 Å². The molecule has 0 amide bonds. The Morgan fingerprint density at radius 1 is 1.16 bits per heavy atom. The van der Waals surface area contributed by atoms with Crippen LogP contribution in [0.3, 0.4) is 0 Å². The van der Waals surface area contributed by atoms with E-state index in [-0.39, 0.29) is 10.7 Å². The van der Waals surface area contributed by atoms with Crippen molar-refractivity contribution in [1.82, 2.24) is 0 Å². The minimum absolute atomic E-state index is 0.0926. The van der Waals surface area contributed by atoms with Crippen molar-refractivity contribution in [3.63, 3.8) is 0 Å². The molecule has 0 saturated carbocycles. The van der Waals surface area contributed by atoms with Gasteiger partial charge in [-0.2, -0.15) is 0 Å². The quantitative estimate of drug-likeness (QED) is 0.689. The van der Waals surface area contributed by atoms with Gasteiger partial charge in [-0.1, -0.05) is 41.4 Å². The van der Waals surface area contributed by atoms with Crippen LogP contribution >= 0.6 is 23.2 Å². The number of hydrogen-bond donors (Lipinski definition) is 1. The molecule has 2 rings (SSSR count). The van der Waals surface area contributed by atoms with Crippen molar-refractivity contribution in [2.24, 2.45) is 5.73 Å². The summed E-state index contributed by atoms with van der Waals surface area (Å²) < 4.78 is 0. The number of hydrogen-bond acceptors (Lipinski definition) is 3. The van der Waals surface area contributed by atoms with E-state index in [2.05, 4.69) is 0 Å². The lowest BCUT2D eigenvalue weighted by atomic mass is 9.99. The fraction of sp³-hybridized carbons (Fsp3) is 0.0769. The first-order valence-corrected chi connectivity index (χ1v) is 6.19. The molecule has 1 unspecified atom stereocenters. The minimum atomic E-state index is -0.564. The van der Waals surface area contributed by atoms with Crippen LogP contribution < -0.4 is 5.73 Å². The smallest absolute Gasteiger partial charge is 0.271 e. The molecule has 0 bridgehead atoms. The molecule has 0 fully saturated rings. The van der Waals surface area contributed by atoms with E-state index in [1.165, 1.54) is 12.1 Å². The van der Waals surface area contributed by atoms with Crippen LogP contribution in [0.4, 0.5) is 5.69 Å². The van der Waals surface area contributed by atoms with E-state index < -0.39 is 11.0 Å². The average molecular weight is 297 g/mol. The molecular formula is C13H10Cl2N2O2. The lowest BCUT2D eigenvalue weighted by molar-refractivity contribution is -0.384. The van der Waals surface area contributed by atoms with Crippen LogP contribution in [-0.2, 0) is 0 Å². The van der Waals surface area contributed by atoms with Crippen molar-refractivity contribution in [2.75, 3.05) is 0 Å². The highest BCUT2D eigenvalue weighted by molar-refractivity contribution is 6.31. The number of nitrogens with two attached hydrogens (primary N) is 1. The number of rotatable bonds is 3. The van der Waals surface area contributed by atoms with E-state index in [0.29, 0.717) is 16.1 Å². The van der Waals surface area contributed by atoms with Crippen molar-refractivity contribution in [1.29, 1.82) is 0 Å². The van der Waals surface area contributed by atoms with Gasteiger partial charge in [0, 0.05) is 22.2 Å². The molecule has 0 radical (unpaired) electrons. The van der Waals surface area contributed by atoms with Crippen LogP contribution in [0.5, 0.6) is 0 Å². The first-order chi connectivity index (χ1) is 8.99. The maximum atomic E-state index is 10.8. The summed E-state index contributed by atoms with van der Waals surface area (Å²) in [6, 6.07) is 10.8. The molecule has 2 aromatic rings. The predicted molar refractivity (Wildman–Crippen MR) is 75.6 cm³/mol. The average Bonchev–Trinajstić information content (AvgIpc) is 2.37. The zero-order valence-corrected chi connectivity index (χ0v) is 11.2. The van der Waals surface area contributed by atoms with Crippen molar-refractivity contribution in [3.8, 4) is 0 Å². The molecular weight excluding hydrogens is 287 g/mol. The maximum Gasteiger partial charge on any atom is 0.271 e. The lowest BCUT2D eigenvalue weighted by Crippen LogP contribution is -2.12. The maximum absolute atomic E-state index is 10.8. The van der Waals surface area contributed by atoms with Crippen molar-refractivity contribution in [2.45, 2.75) is 6.04 Å². The van der Waals surface area contributed by atoms with Crippen LogP contribution in [-0.4, -0.2) is 4.92 Å². The number of benzene rings is 2. The minimum Gasteiger partial charge on any atom is -0.320 e. The van der Waals surface area contributed by atoms with Gasteiger partial charge in [0.1, 0.15) is 0 Å². The monoisotopic (exact) mass is 296 g/mol. The first kappa shape index (κ1) is 13.8. The molecule has 0 aliphatic heterocycles. The fourth-order valence-corrected chi connectivity index (χ4v) is 2.28. The molecule has 2 N–H and O–H groups in total. The summed E-state index contributed by atoms with van der Waals surface area (Å²) in [7, 11) is 0. The Balaban J connectivity index is 2.47. The van der Waals surface area contributed by atoms with Crippen LogP contribution in [0.1, 0.15) is 17.2 Å². The second-order valence-corrected chi connectivity index (χ2v) is 4.84. The summed E-state index contributed by atoms with van der Waals surface area (Å²) in [6.45, 7) is 0. The molecule has 19 heavy (non-hydrogen) atoms. The van der Waals surface area contributed by atoms with Crippen LogP contribution in [0, 0.1) is 10.1 Å². The summed E-state index contributed by atoms with van der Waals surface area (Å²) in [5, 5.41) is 11.6. The summed E-state index contributed by atoms with van der Waals surface area (Å²) >= 11 is 11.9. The van der Waals surface area contributed by atoms with Crippen molar-refractivity contribution >= 4 is 28.9 Å². The van der Waals surface area contributed by atoms with E-state index in [4.69, 9.17) is 28.9 Å². The molecule has 98 valence electrons. The Morgan fingerprint density at radius 3 is 2.47 bits per heavy atom. The zero-order valence-electron chi connectivity index (χ0n) is 9.72. The van der Waals surface area contributed by atoms with Crippen molar-refractivity contribution < 1.29 is 4.92 Å². The van der Waals surface area contributed by atoms with Crippen molar-refractivity contribution in [3.05, 3.63) is 73.8 Å². The highest BCUT2D eigenvalue weighted by Crippen LogP contribution is 2.30. The van der Waals surface area contributed by atoms with Crippen LogP contribution in [0.15, 0.2) is 42.5 Å². The Morgan fingerprint density at radius 2 is 1.84 bits per heavy atom. The van der Waals surface area contributed by atoms with Gasteiger partial charge in [0.15, 0.2) is 0 Å². The zero-order chi connectivity index (χ0) is 14.0. The number of halogens is 2. The van der Waals surface area contributed by atoms with Gasteiger partial charge in [-0.25, -0.2) is 0 Å². The summed E-state index contributed by atoms with van der Waals surface area (Å²) in [6.07, 6.45) is 0. The molecule has 0 heterocycles. The molecule has 1 atom stereocenters. The van der Waals surface area contributed by atoms with Gasteiger partial charge in [-0.3, -0.25) is 10.1 Å². The molecule has 6 heteroatoms. The van der Waals surface area contributed by atoms with Gasteiger partial charge in [-0.05, 0) is 23.3 Å². The normalized spacial score (nSPS) is 12.2.